The molecule has 0 saturated heterocycles. The highest BCUT2D eigenvalue weighted by molar-refractivity contribution is 5.79. The van der Waals surface area contributed by atoms with Crippen molar-refractivity contribution in [3.05, 3.63) is 59.7 Å². The van der Waals surface area contributed by atoms with Gasteiger partial charge >= 0.3 is 12.1 Å². The molecule has 0 spiro atoms. The fraction of sp³-hybridized carbons (Fsp3) is 0.481. The van der Waals surface area contributed by atoms with Gasteiger partial charge in [0.15, 0.2) is 0 Å². The molecule has 0 heterocycles. The largest absolute Gasteiger partial charge is 0.463 e. The number of nitrogens with one attached hydrogen (secondary N) is 1. The van der Waals surface area contributed by atoms with Crippen LogP contribution in [0.2, 0.25) is 0 Å². The summed E-state index contributed by atoms with van der Waals surface area (Å²) < 4.78 is 31.8. The number of benzene rings is 2. The molecule has 0 atom stereocenters. The van der Waals surface area contributed by atoms with E-state index < -0.39 is 6.09 Å². The van der Waals surface area contributed by atoms with Crippen molar-refractivity contribution in [1.82, 2.24) is 5.32 Å². The number of hydrogen-bond donors (Lipinski definition) is 1. The minimum Gasteiger partial charge on any atom is -0.463 e. The zero-order chi connectivity index (χ0) is 25.4. The summed E-state index contributed by atoms with van der Waals surface area (Å²) in [6.45, 7) is 5.63. The number of carbonyl (C=O) groups is 2. The summed E-state index contributed by atoms with van der Waals surface area (Å²) in [5.41, 5.74) is 4.77. The van der Waals surface area contributed by atoms with E-state index in [4.69, 9.17) is 28.4 Å². The summed E-state index contributed by atoms with van der Waals surface area (Å²) in [7, 11) is 0. The number of carbonyl (C=O) groups excluding carboxylic acids is 2. The molecule has 1 amide bonds. The Hall–Kier alpha value is -2.98. The molecule has 3 rings (SSSR count). The first kappa shape index (κ1) is 27.6. The average molecular weight is 502 g/mol. The molecule has 0 saturated carbocycles. The lowest BCUT2D eigenvalue weighted by atomic mass is 9.98. The monoisotopic (exact) mass is 501 g/mol. The van der Waals surface area contributed by atoms with Gasteiger partial charge in [0.25, 0.3) is 0 Å². The molecule has 2 aromatic rings. The minimum atomic E-state index is -0.454. The van der Waals surface area contributed by atoms with Crippen molar-refractivity contribution in [3.63, 3.8) is 0 Å². The minimum absolute atomic E-state index is 0.0420. The summed E-state index contributed by atoms with van der Waals surface area (Å²) in [4.78, 5) is 22.7. The Balaban J connectivity index is 1.14. The van der Waals surface area contributed by atoms with Gasteiger partial charge in [-0.25, -0.2) is 4.79 Å². The number of esters is 1. The van der Waals surface area contributed by atoms with Crippen molar-refractivity contribution in [1.29, 1.82) is 0 Å². The topological polar surface area (TPSA) is 102 Å². The molecule has 36 heavy (non-hydrogen) atoms. The van der Waals surface area contributed by atoms with E-state index in [9.17, 15) is 9.59 Å². The molecule has 0 fully saturated rings. The number of fused-ring (bicyclic) bond motifs is 3. The molecule has 0 bridgehead atoms. The Morgan fingerprint density at radius 1 is 0.667 bits per heavy atom. The van der Waals surface area contributed by atoms with Gasteiger partial charge < -0.3 is 33.7 Å². The van der Waals surface area contributed by atoms with E-state index in [0.717, 1.165) is 0 Å². The average Bonchev–Trinajstić information content (AvgIpc) is 3.20. The summed E-state index contributed by atoms with van der Waals surface area (Å²) in [5.74, 6) is -0.275. The molecule has 0 aromatic heterocycles. The molecule has 0 radical (unpaired) electrons. The van der Waals surface area contributed by atoms with Crippen LogP contribution in [0.15, 0.2) is 48.5 Å². The maximum atomic E-state index is 12.1. The zero-order valence-corrected chi connectivity index (χ0v) is 20.7. The first-order valence-electron chi connectivity index (χ1n) is 12.2. The summed E-state index contributed by atoms with van der Waals surface area (Å²) in [6, 6.07) is 16.5. The van der Waals surface area contributed by atoms with Gasteiger partial charge in [-0.2, -0.15) is 0 Å². The van der Waals surface area contributed by atoms with Crippen molar-refractivity contribution < 1.29 is 38.0 Å². The van der Waals surface area contributed by atoms with Gasteiger partial charge in [0.05, 0.1) is 52.9 Å². The number of rotatable bonds is 17. The van der Waals surface area contributed by atoms with E-state index in [1.165, 1.54) is 29.2 Å². The van der Waals surface area contributed by atoms with Crippen LogP contribution in [0.5, 0.6) is 0 Å². The number of alkyl carbamates (subject to hydrolysis) is 1. The van der Waals surface area contributed by atoms with Gasteiger partial charge in [-0.15, -0.1) is 0 Å². The third-order valence-electron chi connectivity index (χ3n) is 5.51. The normalized spacial score (nSPS) is 12.1. The Morgan fingerprint density at radius 2 is 1.14 bits per heavy atom. The van der Waals surface area contributed by atoms with Crippen LogP contribution in [0.3, 0.4) is 0 Å². The molecule has 1 N–H and O–H groups in total. The Kier molecular flexibility index (Phi) is 12.2. The van der Waals surface area contributed by atoms with E-state index in [-0.39, 0.29) is 25.1 Å². The van der Waals surface area contributed by atoms with E-state index in [0.29, 0.717) is 59.4 Å². The van der Waals surface area contributed by atoms with E-state index in [1.54, 1.807) is 0 Å². The molecule has 0 aliphatic heterocycles. The third-order valence-corrected chi connectivity index (χ3v) is 5.51. The van der Waals surface area contributed by atoms with Gasteiger partial charge in [-0.05, 0) is 22.3 Å². The van der Waals surface area contributed by atoms with Crippen LogP contribution >= 0.6 is 0 Å². The van der Waals surface area contributed by atoms with Crippen LogP contribution in [0, 0.1) is 0 Å². The lowest BCUT2D eigenvalue weighted by Crippen LogP contribution is -2.29. The van der Waals surface area contributed by atoms with Gasteiger partial charge in [0, 0.05) is 19.4 Å². The van der Waals surface area contributed by atoms with Gasteiger partial charge in [0.2, 0.25) is 0 Å². The number of hydrogen-bond acceptors (Lipinski definition) is 8. The highest BCUT2D eigenvalue weighted by Gasteiger charge is 2.28. The van der Waals surface area contributed by atoms with Crippen LogP contribution < -0.4 is 5.32 Å². The molecular formula is C27H35NO8. The fourth-order valence-electron chi connectivity index (χ4n) is 3.88. The molecule has 1 aliphatic rings. The predicted molar refractivity (Wildman–Crippen MR) is 133 cm³/mol. The molecular weight excluding hydrogens is 466 g/mol. The number of amides is 1. The summed E-state index contributed by atoms with van der Waals surface area (Å²) >= 11 is 0. The molecule has 0 unspecified atom stereocenters. The maximum Gasteiger partial charge on any atom is 0.407 e. The van der Waals surface area contributed by atoms with Gasteiger partial charge in [0.1, 0.15) is 13.2 Å². The van der Waals surface area contributed by atoms with Crippen LogP contribution in [0.4, 0.5) is 4.79 Å². The van der Waals surface area contributed by atoms with E-state index in [1.807, 2.05) is 24.3 Å². The van der Waals surface area contributed by atoms with Gasteiger partial charge in [-0.1, -0.05) is 48.5 Å². The zero-order valence-electron chi connectivity index (χ0n) is 20.7. The quantitative estimate of drug-likeness (QED) is 0.261. The molecule has 196 valence electrons. The second-order valence-electron chi connectivity index (χ2n) is 8.04. The highest BCUT2D eigenvalue weighted by Crippen LogP contribution is 2.44. The Labute approximate surface area is 212 Å². The van der Waals surface area contributed by atoms with Crippen molar-refractivity contribution >= 4 is 12.1 Å². The maximum absolute atomic E-state index is 12.1. The Bertz CT molecular complexity index is 905. The molecule has 9 heteroatoms. The van der Waals surface area contributed by atoms with Crippen LogP contribution in [0.25, 0.3) is 11.1 Å². The van der Waals surface area contributed by atoms with Gasteiger partial charge in [-0.3, -0.25) is 4.79 Å². The molecule has 9 nitrogen and oxygen atoms in total. The molecule has 2 aromatic carbocycles. The first-order valence-corrected chi connectivity index (χ1v) is 12.2. The molecule has 1 aliphatic carbocycles. The lowest BCUT2D eigenvalue weighted by Gasteiger charge is -2.14. The SMILES string of the molecule is CC(=O)OCCOCCOCCOCCOCCNC(=O)OCC1c2ccccc2-c2ccccc21. The summed E-state index contributed by atoms with van der Waals surface area (Å²) in [5, 5.41) is 2.72. The highest BCUT2D eigenvalue weighted by atomic mass is 16.6. The van der Waals surface area contributed by atoms with Crippen molar-refractivity contribution in [3.8, 4) is 11.1 Å². The van der Waals surface area contributed by atoms with Crippen LogP contribution in [0.1, 0.15) is 24.0 Å². The van der Waals surface area contributed by atoms with Crippen molar-refractivity contribution in [2.24, 2.45) is 0 Å². The lowest BCUT2D eigenvalue weighted by molar-refractivity contribution is -0.142. The fourth-order valence-corrected chi connectivity index (χ4v) is 3.88. The second-order valence-corrected chi connectivity index (χ2v) is 8.04. The smallest absolute Gasteiger partial charge is 0.407 e. The third kappa shape index (κ3) is 9.23. The van der Waals surface area contributed by atoms with Crippen molar-refractivity contribution in [2.45, 2.75) is 12.8 Å². The Morgan fingerprint density at radius 3 is 1.67 bits per heavy atom. The summed E-state index contributed by atoms with van der Waals surface area (Å²) in [6.07, 6.45) is -0.454. The van der Waals surface area contributed by atoms with E-state index >= 15 is 0 Å². The van der Waals surface area contributed by atoms with Crippen LogP contribution in [-0.2, 0) is 33.2 Å². The van der Waals surface area contributed by atoms with Crippen LogP contribution in [-0.4, -0.2) is 84.7 Å². The predicted octanol–water partition coefficient (Wildman–Crippen LogP) is 3.15. The number of ether oxygens (including phenoxy) is 6. The standard InChI is InChI=1S/C27H35NO8/c1-21(29)35-19-18-34-17-16-33-15-14-32-13-12-31-11-10-28-27(30)36-20-26-24-8-4-2-6-22(24)23-7-3-5-9-25(23)26/h2-9,26H,10-20H2,1H3,(H,28,30). The van der Waals surface area contributed by atoms with Crippen molar-refractivity contribution in [2.75, 3.05) is 72.6 Å². The van der Waals surface area contributed by atoms with E-state index in [2.05, 4.69) is 29.6 Å². The second kappa shape index (κ2) is 15.9. The first-order chi connectivity index (χ1) is 17.7.